The molecule has 0 aliphatic rings. The predicted molar refractivity (Wildman–Crippen MR) is 107 cm³/mol. The molecule has 6 nitrogen and oxygen atoms in total. The summed E-state index contributed by atoms with van der Waals surface area (Å²) in [5.41, 5.74) is 4.44. The maximum absolute atomic E-state index is 12.1. The second kappa shape index (κ2) is 8.29. The first kappa shape index (κ1) is 19.7. The van der Waals surface area contributed by atoms with Crippen LogP contribution in [0, 0.1) is 6.92 Å². The molecule has 28 heavy (non-hydrogen) atoms. The van der Waals surface area contributed by atoms with Crippen LogP contribution >= 0.6 is 23.2 Å². The van der Waals surface area contributed by atoms with E-state index >= 15 is 0 Å². The minimum Gasteiger partial charge on any atom is -0.478 e. The molecule has 0 radical (unpaired) electrons. The number of hydrogen-bond acceptors (Lipinski definition) is 4. The van der Waals surface area contributed by atoms with E-state index in [1.54, 1.807) is 31.2 Å². The van der Waals surface area contributed by atoms with Crippen LogP contribution in [0.25, 0.3) is 11.3 Å². The zero-order valence-corrected chi connectivity index (χ0v) is 16.1. The van der Waals surface area contributed by atoms with Crippen LogP contribution in [0.2, 0.25) is 10.0 Å². The molecule has 2 aromatic carbocycles. The highest BCUT2D eigenvalue weighted by molar-refractivity contribution is 6.42. The highest BCUT2D eigenvalue weighted by Gasteiger charge is 2.11. The van der Waals surface area contributed by atoms with Gasteiger partial charge in [0.05, 0.1) is 21.8 Å². The monoisotopic (exact) mass is 416 g/mol. The van der Waals surface area contributed by atoms with E-state index in [0.29, 0.717) is 22.1 Å². The molecule has 0 spiro atoms. The first-order valence-corrected chi connectivity index (χ1v) is 8.83. The number of carbonyl (C=O) groups excluding carboxylic acids is 1. The van der Waals surface area contributed by atoms with Gasteiger partial charge in [-0.15, -0.1) is 0 Å². The Morgan fingerprint density at radius 3 is 2.46 bits per heavy atom. The van der Waals surface area contributed by atoms with Crippen molar-refractivity contribution in [3.63, 3.8) is 0 Å². The molecule has 0 unspecified atom stereocenters. The van der Waals surface area contributed by atoms with Crippen molar-refractivity contribution in [3.8, 4) is 11.3 Å². The van der Waals surface area contributed by atoms with Gasteiger partial charge in [-0.1, -0.05) is 29.3 Å². The van der Waals surface area contributed by atoms with Crippen molar-refractivity contribution in [2.75, 3.05) is 0 Å². The number of furan rings is 1. The minimum absolute atomic E-state index is 0.208. The fourth-order valence-electron chi connectivity index (χ4n) is 2.50. The van der Waals surface area contributed by atoms with Gasteiger partial charge in [-0.05, 0) is 55.0 Å². The van der Waals surface area contributed by atoms with E-state index in [0.717, 1.165) is 11.1 Å². The molecule has 0 fully saturated rings. The summed E-state index contributed by atoms with van der Waals surface area (Å²) in [6.45, 7) is 1.80. The van der Waals surface area contributed by atoms with Crippen molar-refractivity contribution in [2.24, 2.45) is 5.10 Å². The zero-order chi connectivity index (χ0) is 20.3. The molecule has 142 valence electrons. The van der Waals surface area contributed by atoms with Gasteiger partial charge in [0.25, 0.3) is 5.91 Å². The molecule has 0 saturated heterocycles. The average Bonchev–Trinajstić information content (AvgIpc) is 3.12. The number of carboxylic acid groups (broad SMARTS) is 1. The summed E-state index contributed by atoms with van der Waals surface area (Å²) in [6.07, 6.45) is 1.36. The molecule has 0 atom stereocenters. The SMILES string of the molecule is Cc1cc(C(=O)O)ccc1-c1ccc(/C=N\NC(=O)c2ccc(Cl)c(Cl)c2)o1. The summed E-state index contributed by atoms with van der Waals surface area (Å²) in [7, 11) is 0. The van der Waals surface area contributed by atoms with Gasteiger partial charge in [-0.2, -0.15) is 5.10 Å². The Morgan fingerprint density at radius 2 is 1.79 bits per heavy atom. The molecular weight excluding hydrogens is 403 g/mol. The maximum atomic E-state index is 12.1. The van der Waals surface area contributed by atoms with Crippen molar-refractivity contribution < 1.29 is 19.1 Å². The summed E-state index contributed by atoms with van der Waals surface area (Å²) < 4.78 is 5.69. The molecule has 1 aromatic heterocycles. The van der Waals surface area contributed by atoms with Crippen LogP contribution in [-0.4, -0.2) is 23.2 Å². The van der Waals surface area contributed by atoms with Crippen molar-refractivity contribution >= 4 is 41.3 Å². The number of benzene rings is 2. The van der Waals surface area contributed by atoms with Gasteiger partial charge in [0.1, 0.15) is 11.5 Å². The number of rotatable bonds is 5. The average molecular weight is 417 g/mol. The molecule has 1 amide bonds. The van der Waals surface area contributed by atoms with Gasteiger partial charge in [0.15, 0.2) is 0 Å². The van der Waals surface area contributed by atoms with E-state index in [9.17, 15) is 9.59 Å². The van der Waals surface area contributed by atoms with Gasteiger partial charge in [-0.25, -0.2) is 10.2 Å². The number of aromatic carboxylic acids is 1. The first-order valence-electron chi connectivity index (χ1n) is 8.08. The number of aryl methyl sites for hydroxylation is 1. The van der Waals surface area contributed by atoms with E-state index in [1.165, 1.54) is 30.5 Å². The summed E-state index contributed by atoms with van der Waals surface area (Å²) in [5, 5.41) is 13.5. The third-order valence-electron chi connectivity index (χ3n) is 3.91. The van der Waals surface area contributed by atoms with Crippen molar-refractivity contribution in [1.82, 2.24) is 5.43 Å². The number of nitrogens with zero attached hydrogens (tertiary/aromatic N) is 1. The molecule has 2 N–H and O–H groups in total. The second-order valence-electron chi connectivity index (χ2n) is 5.86. The van der Waals surface area contributed by atoms with E-state index in [4.69, 9.17) is 32.7 Å². The Bertz CT molecular complexity index is 1090. The van der Waals surface area contributed by atoms with E-state index in [2.05, 4.69) is 10.5 Å². The van der Waals surface area contributed by atoms with E-state index < -0.39 is 11.9 Å². The van der Waals surface area contributed by atoms with E-state index in [1.807, 2.05) is 0 Å². The van der Waals surface area contributed by atoms with Gasteiger partial charge in [0, 0.05) is 11.1 Å². The number of hydrazone groups is 1. The number of hydrogen-bond donors (Lipinski definition) is 2. The Kier molecular flexibility index (Phi) is 5.82. The number of carbonyl (C=O) groups is 2. The molecule has 3 rings (SSSR count). The summed E-state index contributed by atoms with van der Waals surface area (Å²) in [6, 6.07) is 12.7. The number of nitrogens with one attached hydrogen (secondary N) is 1. The number of halogens is 2. The van der Waals surface area contributed by atoms with Crippen LogP contribution in [-0.2, 0) is 0 Å². The Balaban J connectivity index is 1.70. The lowest BCUT2D eigenvalue weighted by Crippen LogP contribution is -2.17. The quantitative estimate of drug-likeness (QED) is 0.450. The summed E-state index contributed by atoms with van der Waals surface area (Å²) >= 11 is 11.7. The fraction of sp³-hybridized carbons (Fsp3) is 0.0500. The topological polar surface area (TPSA) is 91.9 Å². The fourth-order valence-corrected chi connectivity index (χ4v) is 2.79. The van der Waals surface area contributed by atoms with Crippen LogP contribution in [0.3, 0.4) is 0 Å². The van der Waals surface area contributed by atoms with Crippen LogP contribution in [0.1, 0.15) is 32.0 Å². The van der Waals surface area contributed by atoms with Gasteiger partial charge >= 0.3 is 5.97 Å². The van der Waals surface area contributed by atoms with Gasteiger partial charge in [0.2, 0.25) is 0 Å². The number of amides is 1. The van der Waals surface area contributed by atoms with Crippen LogP contribution in [0.4, 0.5) is 0 Å². The Morgan fingerprint density at radius 1 is 1.04 bits per heavy atom. The lowest BCUT2D eigenvalue weighted by Gasteiger charge is -2.04. The minimum atomic E-state index is -0.986. The lowest BCUT2D eigenvalue weighted by atomic mass is 10.0. The molecule has 1 heterocycles. The Hall–Kier alpha value is -3.09. The number of carboxylic acids is 1. The van der Waals surface area contributed by atoms with E-state index in [-0.39, 0.29) is 10.6 Å². The third kappa shape index (κ3) is 4.42. The second-order valence-corrected chi connectivity index (χ2v) is 6.68. The first-order chi connectivity index (χ1) is 13.3. The Labute approximate surface area is 170 Å². The normalized spacial score (nSPS) is 11.0. The van der Waals surface area contributed by atoms with Gasteiger partial charge in [-0.3, -0.25) is 4.79 Å². The van der Waals surface area contributed by atoms with Crippen molar-refractivity contribution in [3.05, 3.63) is 81.0 Å². The largest absolute Gasteiger partial charge is 0.478 e. The lowest BCUT2D eigenvalue weighted by molar-refractivity contribution is 0.0696. The smallest absolute Gasteiger partial charge is 0.335 e. The molecule has 0 bridgehead atoms. The zero-order valence-electron chi connectivity index (χ0n) is 14.6. The third-order valence-corrected chi connectivity index (χ3v) is 4.64. The van der Waals surface area contributed by atoms with Gasteiger partial charge < -0.3 is 9.52 Å². The highest BCUT2D eigenvalue weighted by atomic mass is 35.5. The van der Waals surface area contributed by atoms with Crippen LogP contribution < -0.4 is 5.43 Å². The molecule has 8 heteroatoms. The molecule has 3 aromatic rings. The molecule has 0 aliphatic carbocycles. The standard InChI is InChI=1S/C20H14Cl2N2O4/c1-11-8-13(20(26)27)2-5-15(11)18-7-4-14(28-18)10-23-24-19(25)12-3-6-16(21)17(22)9-12/h2-10H,1H3,(H,24,25)(H,26,27)/b23-10-. The molecule has 0 aliphatic heterocycles. The molecule has 0 saturated carbocycles. The van der Waals surface area contributed by atoms with Crippen LogP contribution in [0.15, 0.2) is 58.0 Å². The van der Waals surface area contributed by atoms with Crippen LogP contribution in [0.5, 0.6) is 0 Å². The predicted octanol–water partition coefficient (Wildman–Crippen LogP) is 5.02. The maximum Gasteiger partial charge on any atom is 0.335 e. The van der Waals surface area contributed by atoms with Crippen molar-refractivity contribution in [1.29, 1.82) is 0 Å². The highest BCUT2D eigenvalue weighted by Crippen LogP contribution is 2.26. The van der Waals surface area contributed by atoms with Crippen molar-refractivity contribution in [2.45, 2.75) is 6.92 Å². The molecular formula is C20H14Cl2N2O4. The summed E-state index contributed by atoms with van der Waals surface area (Å²) in [5.74, 6) is -0.445. The summed E-state index contributed by atoms with van der Waals surface area (Å²) in [4.78, 5) is 23.1.